The Balaban J connectivity index is 1.89. The number of benzene rings is 2. The summed E-state index contributed by atoms with van der Waals surface area (Å²) in [6.07, 6.45) is -0.420. The Morgan fingerprint density at radius 2 is 1.56 bits per heavy atom. The highest BCUT2D eigenvalue weighted by Gasteiger charge is 2.21. The minimum absolute atomic E-state index is 0.0201. The third-order valence-corrected chi connectivity index (χ3v) is 6.55. The summed E-state index contributed by atoms with van der Waals surface area (Å²) in [5.74, 6) is -2.11. The van der Waals surface area contributed by atoms with E-state index in [1.807, 2.05) is 0 Å². The number of sulfone groups is 1. The first-order chi connectivity index (χ1) is 16.2. The number of hydrogen-bond donors (Lipinski definition) is 4. The normalized spacial score (nSPS) is 11.9. The number of carboxylic acids is 1. The highest BCUT2D eigenvalue weighted by Crippen LogP contribution is 2.15. The Hall–Kier alpha value is -3.44. The zero-order valence-electron chi connectivity index (χ0n) is 19.0. The summed E-state index contributed by atoms with van der Waals surface area (Å²) in [6.45, 7) is 4.18. The molecule has 0 aliphatic carbocycles. The van der Waals surface area contributed by atoms with E-state index < -0.39 is 40.1 Å². The van der Waals surface area contributed by atoms with Crippen LogP contribution >= 0.6 is 0 Å². The molecule has 0 aliphatic heterocycles. The molecule has 0 aliphatic rings. The number of amides is 1. The smallest absolute Gasteiger partial charge is 0.338 e. The molecule has 4 N–H and O–H groups in total. The standard InChI is InChI=1S/C23H29N3O7S/c1-3-33-23(30)16-5-7-18(8-6-16)26-22(29)20(15-21(27)28)25-14-13-24-17-9-11-19(12-10-17)34(31,32)4-2/h5-12,20,24-25H,3-4,13-15H2,1-2H3,(H,26,29)(H,27,28). The second-order valence-corrected chi connectivity index (χ2v) is 9.52. The molecule has 184 valence electrons. The van der Waals surface area contributed by atoms with E-state index in [2.05, 4.69) is 16.0 Å². The molecule has 2 rings (SSSR count). The van der Waals surface area contributed by atoms with Crippen molar-refractivity contribution in [2.24, 2.45) is 0 Å². The molecule has 2 aromatic rings. The van der Waals surface area contributed by atoms with Gasteiger partial charge >= 0.3 is 11.9 Å². The van der Waals surface area contributed by atoms with Crippen LogP contribution in [0.1, 0.15) is 30.6 Å². The van der Waals surface area contributed by atoms with Gasteiger partial charge in [-0.1, -0.05) is 6.92 Å². The van der Waals surface area contributed by atoms with Crippen molar-refractivity contribution >= 4 is 39.1 Å². The molecule has 2 aromatic carbocycles. The summed E-state index contributed by atoms with van der Waals surface area (Å²) >= 11 is 0. The van der Waals surface area contributed by atoms with Crippen molar-refractivity contribution in [3.8, 4) is 0 Å². The van der Waals surface area contributed by atoms with Crippen molar-refractivity contribution in [1.82, 2.24) is 5.32 Å². The van der Waals surface area contributed by atoms with Crippen molar-refractivity contribution in [1.29, 1.82) is 0 Å². The number of aliphatic carboxylic acids is 1. The van der Waals surface area contributed by atoms with Gasteiger partial charge in [0.1, 0.15) is 0 Å². The summed E-state index contributed by atoms with van der Waals surface area (Å²) in [5, 5.41) is 17.8. The number of carbonyl (C=O) groups is 3. The van der Waals surface area contributed by atoms with Crippen molar-refractivity contribution in [2.45, 2.75) is 31.2 Å². The van der Waals surface area contributed by atoms with Crippen LogP contribution in [0.25, 0.3) is 0 Å². The zero-order valence-corrected chi connectivity index (χ0v) is 19.9. The fourth-order valence-corrected chi connectivity index (χ4v) is 3.85. The van der Waals surface area contributed by atoms with E-state index in [1.165, 1.54) is 36.4 Å². The summed E-state index contributed by atoms with van der Waals surface area (Å²) in [5.41, 5.74) is 1.44. The van der Waals surface area contributed by atoms with E-state index in [9.17, 15) is 22.8 Å². The van der Waals surface area contributed by atoms with Crippen molar-refractivity contribution in [2.75, 3.05) is 36.1 Å². The monoisotopic (exact) mass is 491 g/mol. The molecule has 34 heavy (non-hydrogen) atoms. The van der Waals surface area contributed by atoms with Crippen LogP contribution in [0.4, 0.5) is 11.4 Å². The van der Waals surface area contributed by atoms with Crippen LogP contribution in [0.3, 0.4) is 0 Å². The highest BCUT2D eigenvalue weighted by molar-refractivity contribution is 7.91. The molecule has 0 saturated carbocycles. The molecule has 1 unspecified atom stereocenters. The van der Waals surface area contributed by atoms with Crippen molar-refractivity contribution in [3.05, 3.63) is 54.1 Å². The number of rotatable bonds is 13. The molecule has 1 amide bonds. The fraction of sp³-hybridized carbons (Fsp3) is 0.348. The predicted octanol–water partition coefficient (Wildman–Crippen LogP) is 2.14. The lowest BCUT2D eigenvalue weighted by atomic mass is 10.1. The first-order valence-electron chi connectivity index (χ1n) is 10.8. The Bertz CT molecular complexity index is 1080. The van der Waals surface area contributed by atoms with Crippen molar-refractivity contribution in [3.63, 3.8) is 0 Å². The molecule has 11 heteroatoms. The van der Waals surface area contributed by atoms with Gasteiger partial charge < -0.3 is 25.8 Å². The average Bonchev–Trinajstić information content (AvgIpc) is 2.81. The lowest BCUT2D eigenvalue weighted by Gasteiger charge is -2.17. The largest absolute Gasteiger partial charge is 0.481 e. The first-order valence-corrected chi connectivity index (χ1v) is 12.4. The number of carbonyl (C=O) groups excluding carboxylic acids is 2. The van der Waals surface area contributed by atoms with Crippen LogP contribution in [0.5, 0.6) is 0 Å². The van der Waals surface area contributed by atoms with Gasteiger partial charge in [0.25, 0.3) is 0 Å². The quantitative estimate of drug-likeness (QED) is 0.244. The Labute approximate surface area is 198 Å². The van der Waals surface area contributed by atoms with Gasteiger partial charge in [-0.05, 0) is 55.5 Å². The molecule has 0 saturated heterocycles. The number of carboxylic acid groups (broad SMARTS) is 1. The van der Waals surface area contributed by atoms with Gasteiger partial charge in [-0.15, -0.1) is 0 Å². The molecule has 0 fully saturated rings. The number of ether oxygens (including phenoxy) is 1. The van der Waals surface area contributed by atoms with E-state index in [4.69, 9.17) is 9.84 Å². The maximum Gasteiger partial charge on any atom is 0.338 e. The molecule has 0 heterocycles. The van der Waals surface area contributed by atoms with Crippen LogP contribution in [0, 0.1) is 0 Å². The Morgan fingerprint density at radius 3 is 2.12 bits per heavy atom. The first kappa shape index (κ1) is 26.8. The number of nitrogens with one attached hydrogen (secondary N) is 3. The molecule has 0 aromatic heterocycles. The third-order valence-electron chi connectivity index (χ3n) is 4.80. The number of hydrogen-bond acceptors (Lipinski definition) is 8. The maximum absolute atomic E-state index is 12.6. The second kappa shape index (κ2) is 12.7. The minimum atomic E-state index is -3.27. The summed E-state index contributed by atoms with van der Waals surface area (Å²) in [7, 11) is -3.27. The zero-order chi connectivity index (χ0) is 25.1. The van der Waals surface area contributed by atoms with Gasteiger partial charge in [-0.3, -0.25) is 9.59 Å². The lowest BCUT2D eigenvalue weighted by Crippen LogP contribution is -2.43. The van der Waals surface area contributed by atoms with Crippen LogP contribution < -0.4 is 16.0 Å². The minimum Gasteiger partial charge on any atom is -0.481 e. The van der Waals surface area contributed by atoms with Gasteiger partial charge in [0.2, 0.25) is 5.91 Å². The van der Waals surface area contributed by atoms with Crippen LogP contribution in [0.15, 0.2) is 53.4 Å². The second-order valence-electron chi connectivity index (χ2n) is 7.25. The SMILES string of the molecule is CCOC(=O)c1ccc(NC(=O)C(CC(=O)O)NCCNc2ccc(S(=O)(=O)CC)cc2)cc1. The van der Waals surface area contributed by atoms with Crippen LogP contribution in [0.2, 0.25) is 0 Å². The van der Waals surface area contributed by atoms with E-state index in [-0.39, 0.29) is 23.8 Å². The molecule has 10 nitrogen and oxygen atoms in total. The molecule has 0 bridgehead atoms. The molecule has 0 spiro atoms. The highest BCUT2D eigenvalue weighted by atomic mass is 32.2. The number of esters is 1. The Kier molecular flexibility index (Phi) is 10.0. The van der Waals surface area contributed by atoms with E-state index >= 15 is 0 Å². The molecule has 1 atom stereocenters. The molecule has 0 radical (unpaired) electrons. The summed E-state index contributed by atoms with van der Waals surface area (Å²) in [4.78, 5) is 35.7. The van der Waals surface area contributed by atoms with Crippen LogP contribution in [-0.4, -0.2) is 62.9 Å². The predicted molar refractivity (Wildman–Crippen MR) is 128 cm³/mol. The van der Waals surface area contributed by atoms with E-state index in [0.717, 1.165) is 0 Å². The Morgan fingerprint density at radius 1 is 0.941 bits per heavy atom. The fourth-order valence-electron chi connectivity index (χ4n) is 2.97. The van der Waals surface area contributed by atoms with E-state index in [0.29, 0.717) is 23.5 Å². The maximum atomic E-state index is 12.6. The van der Waals surface area contributed by atoms with Crippen LogP contribution in [-0.2, 0) is 24.2 Å². The lowest BCUT2D eigenvalue weighted by molar-refractivity contribution is -0.139. The summed E-state index contributed by atoms with van der Waals surface area (Å²) in [6, 6.07) is 11.4. The van der Waals surface area contributed by atoms with Gasteiger partial charge in [0, 0.05) is 24.5 Å². The molecular formula is C23H29N3O7S. The summed E-state index contributed by atoms with van der Waals surface area (Å²) < 4.78 is 28.6. The van der Waals surface area contributed by atoms with Crippen molar-refractivity contribution < 1.29 is 32.6 Å². The molecular weight excluding hydrogens is 462 g/mol. The van der Waals surface area contributed by atoms with Gasteiger partial charge in [0.05, 0.1) is 35.3 Å². The van der Waals surface area contributed by atoms with Gasteiger partial charge in [-0.2, -0.15) is 0 Å². The van der Waals surface area contributed by atoms with E-state index in [1.54, 1.807) is 26.0 Å². The van der Waals surface area contributed by atoms with Gasteiger partial charge in [0.15, 0.2) is 9.84 Å². The topological polar surface area (TPSA) is 151 Å². The average molecular weight is 492 g/mol. The van der Waals surface area contributed by atoms with Gasteiger partial charge in [-0.25, -0.2) is 13.2 Å². The number of anilines is 2. The third kappa shape index (κ3) is 8.16.